The van der Waals surface area contributed by atoms with Gasteiger partial charge in [-0.2, -0.15) is 0 Å². The molecule has 1 heterocycles. The largest absolute Gasteiger partial charge is 0.465 e. The van der Waals surface area contributed by atoms with Crippen LogP contribution in [0.5, 0.6) is 0 Å². The average Bonchev–Trinajstić information content (AvgIpc) is 2.39. The number of hydrogen-bond acceptors (Lipinski definition) is 2. The number of nitrogens with zero attached hydrogens (tertiary/aromatic N) is 1. The fourth-order valence-corrected chi connectivity index (χ4v) is 2.12. The highest BCUT2D eigenvalue weighted by Crippen LogP contribution is 2.27. The van der Waals surface area contributed by atoms with E-state index in [0.717, 1.165) is 16.7 Å². The third-order valence-corrected chi connectivity index (χ3v) is 3.02. The van der Waals surface area contributed by atoms with E-state index in [0.29, 0.717) is 19.5 Å². The van der Waals surface area contributed by atoms with Gasteiger partial charge in [0.05, 0.1) is 6.61 Å². The van der Waals surface area contributed by atoms with Gasteiger partial charge in [0.2, 0.25) is 0 Å². The molecule has 2 N–H and O–H groups in total. The minimum absolute atomic E-state index is 0.0893. The van der Waals surface area contributed by atoms with Crippen molar-refractivity contribution in [2.24, 2.45) is 0 Å². The zero-order valence-electron chi connectivity index (χ0n) is 9.47. The van der Waals surface area contributed by atoms with Gasteiger partial charge in [-0.15, -0.1) is 0 Å². The molecule has 4 heteroatoms. The summed E-state index contributed by atoms with van der Waals surface area (Å²) in [6.45, 7) is 0.702. The molecule has 1 amide bonds. The van der Waals surface area contributed by atoms with E-state index in [2.05, 4.69) is 0 Å². The van der Waals surface area contributed by atoms with Gasteiger partial charge in [-0.3, -0.25) is 0 Å². The maximum absolute atomic E-state index is 10.9. The van der Waals surface area contributed by atoms with Crippen LogP contribution >= 0.6 is 0 Å². The molecule has 90 valence electrons. The number of aliphatic hydroxyl groups excluding tert-OH is 1. The first-order valence-corrected chi connectivity index (χ1v) is 5.57. The number of carbonyl (C=O) groups is 1. The van der Waals surface area contributed by atoms with Crippen molar-refractivity contribution in [1.29, 1.82) is 0 Å². The Balaban J connectivity index is 2.30. The summed E-state index contributed by atoms with van der Waals surface area (Å²) in [7, 11) is 0. The molecule has 0 bridgehead atoms. The summed E-state index contributed by atoms with van der Waals surface area (Å²) >= 11 is 0. The van der Waals surface area contributed by atoms with E-state index in [9.17, 15) is 9.90 Å². The van der Waals surface area contributed by atoms with Crippen molar-refractivity contribution in [2.45, 2.75) is 6.42 Å². The number of carboxylic acid groups (broad SMARTS) is 1. The van der Waals surface area contributed by atoms with E-state index in [-0.39, 0.29) is 6.61 Å². The fourth-order valence-electron chi connectivity index (χ4n) is 2.12. The SMILES string of the molecule is O=C(O)N1CCC(c2ccccc2)=C(CO)C1. The lowest BCUT2D eigenvalue weighted by Gasteiger charge is -2.28. The van der Waals surface area contributed by atoms with Gasteiger partial charge in [-0.25, -0.2) is 4.79 Å². The van der Waals surface area contributed by atoms with Gasteiger partial charge in [0, 0.05) is 13.1 Å². The summed E-state index contributed by atoms with van der Waals surface area (Å²) in [4.78, 5) is 12.2. The summed E-state index contributed by atoms with van der Waals surface area (Å²) in [6.07, 6.45) is -0.269. The molecule has 1 aliphatic rings. The first-order chi connectivity index (χ1) is 8.22. The van der Waals surface area contributed by atoms with Crippen molar-refractivity contribution >= 4 is 11.7 Å². The Morgan fingerprint density at radius 2 is 2.00 bits per heavy atom. The minimum Gasteiger partial charge on any atom is -0.465 e. The Bertz CT molecular complexity index is 439. The molecule has 0 radical (unpaired) electrons. The fraction of sp³-hybridized carbons (Fsp3) is 0.308. The van der Waals surface area contributed by atoms with Crippen LogP contribution in [0.4, 0.5) is 4.79 Å². The van der Waals surface area contributed by atoms with E-state index >= 15 is 0 Å². The molecule has 0 unspecified atom stereocenters. The first kappa shape index (κ1) is 11.7. The van der Waals surface area contributed by atoms with Crippen LogP contribution in [0.3, 0.4) is 0 Å². The zero-order chi connectivity index (χ0) is 12.3. The molecular weight excluding hydrogens is 218 g/mol. The average molecular weight is 233 g/mol. The predicted molar refractivity (Wildman–Crippen MR) is 64.7 cm³/mol. The lowest BCUT2D eigenvalue weighted by atomic mass is 9.94. The Hall–Kier alpha value is -1.81. The van der Waals surface area contributed by atoms with Crippen molar-refractivity contribution in [2.75, 3.05) is 19.7 Å². The number of benzene rings is 1. The Labute approximate surface area is 99.8 Å². The zero-order valence-corrected chi connectivity index (χ0v) is 9.47. The highest BCUT2D eigenvalue weighted by Gasteiger charge is 2.22. The normalized spacial score (nSPS) is 16.2. The molecule has 4 nitrogen and oxygen atoms in total. The van der Waals surface area contributed by atoms with E-state index in [1.165, 1.54) is 4.90 Å². The first-order valence-electron chi connectivity index (χ1n) is 5.57. The minimum atomic E-state index is -0.928. The van der Waals surface area contributed by atoms with Gasteiger partial charge in [-0.1, -0.05) is 30.3 Å². The van der Waals surface area contributed by atoms with Crippen LogP contribution in [0.1, 0.15) is 12.0 Å². The van der Waals surface area contributed by atoms with Gasteiger partial charge in [-0.05, 0) is 23.1 Å². The second-order valence-electron chi connectivity index (χ2n) is 4.06. The van der Waals surface area contributed by atoms with Gasteiger partial charge in [0.15, 0.2) is 0 Å². The second kappa shape index (κ2) is 5.01. The van der Waals surface area contributed by atoms with E-state index in [1.54, 1.807) is 0 Å². The van der Waals surface area contributed by atoms with Crippen molar-refractivity contribution in [3.05, 3.63) is 41.5 Å². The van der Waals surface area contributed by atoms with E-state index < -0.39 is 6.09 Å². The predicted octanol–water partition coefficient (Wildman–Crippen LogP) is 1.82. The standard InChI is InChI=1S/C13H15NO3/c15-9-11-8-14(13(16)17)7-6-12(11)10-4-2-1-3-5-10/h1-5,15H,6-9H2,(H,16,17). The smallest absolute Gasteiger partial charge is 0.407 e. The molecule has 1 aromatic rings. The quantitative estimate of drug-likeness (QED) is 0.819. The van der Waals surface area contributed by atoms with Crippen LogP contribution in [0, 0.1) is 0 Å². The summed E-state index contributed by atoms with van der Waals surface area (Å²) in [5.74, 6) is 0. The molecule has 0 atom stereocenters. The molecule has 0 fully saturated rings. The van der Waals surface area contributed by atoms with Crippen molar-refractivity contribution in [3.63, 3.8) is 0 Å². The maximum Gasteiger partial charge on any atom is 0.407 e. The maximum atomic E-state index is 10.9. The number of aliphatic hydroxyl groups is 1. The molecule has 1 aliphatic heterocycles. The van der Waals surface area contributed by atoms with Crippen LogP contribution in [0.25, 0.3) is 5.57 Å². The Kier molecular flexibility index (Phi) is 3.44. The van der Waals surface area contributed by atoms with Gasteiger partial charge < -0.3 is 15.1 Å². The number of amides is 1. The van der Waals surface area contributed by atoms with Crippen LogP contribution < -0.4 is 0 Å². The molecule has 0 aromatic heterocycles. The van der Waals surface area contributed by atoms with Crippen LogP contribution in [0.2, 0.25) is 0 Å². The molecule has 2 rings (SSSR count). The lowest BCUT2D eigenvalue weighted by Crippen LogP contribution is -2.36. The van der Waals surface area contributed by atoms with E-state index in [4.69, 9.17) is 5.11 Å². The summed E-state index contributed by atoms with van der Waals surface area (Å²) in [5.41, 5.74) is 2.94. The van der Waals surface area contributed by atoms with Crippen LogP contribution in [0.15, 0.2) is 35.9 Å². The molecule has 0 saturated heterocycles. The third-order valence-electron chi connectivity index (χ3n) is 3.02. The van der Waals surface area contributed by atoms with Crippen LogP contribution in [-0.2, 0) is 0 Å². The van der Waals surface area contributed by atoms with Gasteiger partial charge in [0.1, 0.15) is 0 Å². The highest BCUT2D eigenvalue weighted by atomic mass is 16.4. The monoisotopic (exact) mass is 233 g/mol. The third kappa shape index (κ3) is 2.47. The van der Waals surface area contributed by atoms with Crippen molar-refractivity contribution < 1.29 is 15.0 Å². The Morgan fingerprint density at radius 1 is 1.29 bits per heavy atom. The number of rotatable bonds is 2. The lowest BCUT2D eigenvalue weighted by molar-refractivity contribution is 0.147. The number of hydrogen-bond donors (Lipinski definition) is 2. The highest BCUT2D eigenvalue weighted by molar-refractivity contribution is 5.73. The molecular formula is C13H15NO3. The summed E-state index contributed by atoms with van der Waals surface area (Å²) < 4.78 is 0. The van der Waals surface area contributed by atoms with Gasteiger partial charge in [0.25, 0.3) is 0 Å². The summed E-state index contributed by atoms with van der Waals surface area (Å²) in [6, 6.07) is 9.81. The second-order valence-corrected chi connectivity index (χ2v) is 4.06. The molecule has 17 heavy (non-hydrogen) atoms. The Morgan fingerprint density at radius 3 is 2.59 bits per heavy atom. The molecule has 0 aliphatic carbocycles. The molecule has 0 spiro atoms. The van der Waals surface area contributed by atoms with Crippen LogP contribution in [-0.4, -0.2) is 40.9 Å². The molecule has 1 aromatic carbocycles. The van der Waals surface area contributed by atoms with Crippen molar-refractivity contribution in [1.82, 2.24) is 4.90 Å². The summed E-state index contributed by atoms with van der Waals surface area (Å²) in [5, 5.41) is 18.3. The molecule has 0 saturated carbocycles. The van der Waals surface area contributed by atoms with Crippen molar-refractivity contribution in [3.8, 4) is 0 Å². The van der Waals surface area contributed by atoms with E-state index in [1.807, 2.05) is 30.3 Å². The topological polar surface area (TPSA) is 60.8 Å². The van der Waals surface area contributed by atoms with Gasteiger partial charge >= 0.3 is 6.09 Å².